The van der Waals surface area contributed by atoms with Crippen molar-refractivity contribution >= 4 is 0 Å². The number of rotatable bonds is 4. The lowest BCUT2D eigenvalue weighted by atomic mass is 10.00. The Bertz CT molecular complexity index is 101. The zero-order valence-electron chi connectivity index (χ0n) is 17.4. The highest BCUT2D eigenvalue weighted by Gasteiger charge is 2.10. The van der Waals surface area contributed by atoms with Crippen molar-refractivity contribution in [1.82, 2.24) is 4.90 Å². The summed E-state index contributed by atoms with van der Waals surface area (Å²) in [5.74, 6) is 0.978. The minimum absolute atomic E-state index is 0.978. The van der Waals surface area contributed by atoms with E-state index in [9.17, 15) is 0 Å². The molecule has 1 fully saturated rings. The second-order valence-corrected chi connectivity index (χ2v) is 5.05. The lowest BCUT2D eigenvalue weighted by molar-refractivity contribution is 0.230. The first-order chi connectivity index (χ1) is 10.2. The van der Waals surface area contributed by atoms with E-state index >= 15 is 0 Å². The average Bonchev–Trinajstić information content (AvgIpc) is 2.57. The van der Waals surface area contributed by atoms with E-state index in [2.05, 4.69) is 32.7 Å². The van der Waals surface area contributed by atoms with Crippen molar-refractivity contribution in [3.63, 3.8) is 0 Å². The second-order valence-electron chi connectivity index (χ2n) is 5.05. The molecule has 0 aromatic heterocycles. The highest BCUT2D eigenvalue weighted by molar-refractivity contribution is 4.65. The van der Waals surface area contributed by atoms with Crippen LogP contribution in [0.15, 0.2) is 0 Å². The molecule has 0 spiro atoms. The fraction of sp³-hybridized carbons (Fsp3) is 1.00. The molecule has 0 radical (unpaired) electrons. The molecule has 0 aromatic rings. The molecule has 1 aliphatic heterocycles. The van der Waals surface area contributed by atoms with Crippen molar-refractivity contribution in [2.75, 3.05) is 20.1 Å². The van der Waals surface area contributed by atoms with Gasteiger partial charge in [-0.2, -0.15) is 0 Å². The van der Waals surface area contributed by atoms with E-state index in [4.69, 9.17) is 0 Å². The molecule has 134 valence electrons. The van der Waals surface area contributed by atoms with Crippen LogP contribution < -0.4 is 0 Å². The number of likely N-dealkylation sites (tertiary alicyclic amines) is 1. The van der Waals surface area contributed by atoms with Gasteiger partial charge in [0.05, 0.1) is 0 Å². The number of piperidine rings is 1. The van der Waals surface area contributed by atoms with Crippen LogP contribution in [0.5, 0.6) is 0 Å². The van der Waals surface area contributed by atoms with Crippen LogP contribution in [-0.2, 0) is 0 Å². The van der Waals surface area contributed by atoms with Gasteiger partial charge in [0, 0.05) is 0 Å². The zero-order chi connectivity index (χ0) is 17.5. The van der Waals surface area contributed by atoms with Crippen LogP contribution in [0.1, 0.15) is 107 Å². The summed E-state index contributed by atoms with van der Waals surface area (Å²) >= 11 is 0. The normalized spacial score (nSPS) is 14.0. The van der Waals surface area contributed by atoms with Gasteiger partial charge in [-0.3, -0.25) is 0 Å². The molecule has 1 heteroatoms. The molecule has 0 saturated carbocycles. The summed E-state index contributed by atoms with van der Waals surface area (Å²) < 4.78 is 0. The Morgan fingerprint density at radius 2 is 1.05 bits per heavy atom. The van der Waals surface area contributed by atoms with Gasteiger partial charge in [0.1, 0.15) is 0 Å². The number of hydrogen-bond acceptors (Lipinski definition) is 1. The number of hydrogen-bond donors (Lipinski definition) is 0. The maximum atomic E-state index is 2.40. The van der Waals surface area contributed by atoms with Crippen LogP contribution in [-0.4, -0.2) is 25.0 Å². The topological polar surface area (TPSA) is 3.24 Å². The Balaban J connectivity index is -0.000000102. The first-order valence-electron chi connectivity index (χ1n) is 9.89. The molecule has 1 nitrogen and oxygen atoms in total. The molecule has 1 rings (SSSR count). The fourth-order valence-corrected chi connectivity index (χ4v) is 1.81. The third-order valence-corrected chi connectivity index (χ3v) is 3.21. The van der Waals surface area contributed by atoms with Gasteiger partial charge in [-0.25, -0.2) is 0 Å². The molecule has 0 atom stereocenters. The quantitative estimate of drug-likeness (QED) is 0.489. The number of unbranched alkanes of at least 4 members (excludes halogenated alkanes) is 4. The molecule has 1 saturated heterocycles. The Hall–Kier alpha value is -0.0400. The van der Waals surface area contributed by atoms with Crippen LogP contribution >= 0.6 is 0 Å². The Morgan fingerprint density at radius 3 is 1.29 bits per heavy atom. The van der Waals surface area contributed by atoms with Gasteiger partial charge >= 0.3 is 0 Å². The molecule has 0 amide bonds. The molecular formula is C20H49N. The first-order valence-corrected chi connectivity index (χ1v) is 9.89. The predicted octanol–water partition coefficient (Wildman–Crippen LogP) is 7.40. The maximum Gasteiger partial charge on any atom is -0.00192 e. The lowest BCUT2D eigenvalue weighted by Gasteiger charge is -2.26. The average molecular weight is 304 g/mol. The smallest absolute Gasteiger partial charge is 0.00192 e. The largest absolute Gasteiger partial charge is 0.306 e. The van der Waals surface area contributed by atoms with E-state index < -0.39 is 0 Å². The highest BCUT2D eigenvalue weighted by Crippen LogP contribution is 2.13. The van der Waals surface area contributed by atoms with Crippen LogP contribution in [0.4, 0.5) is 0 Å². The summed E-state index contributed by atoms with van der Waals surface area (Å²) in [6.07, 6.45) is 9.81. The minimum Gasteiger partial charge on any atom is -0.306 e. The zero-order valence-corrected chi connectivity index (χ0v) is 17.4. The third-order valence-electron chi connectivity index (χ3n) is 3.21. The van der Waals surface area contributed by atoms with Gasteiger partial charge in [-0.15, -0.1) is 0 Å². The number of nitrogens with zero attached hydrogens (tertiary/aromatic N) is 1. The Labute approximate surface area is 138 Å². The lowest BCUT2D eigenvalue weighted by Crippen LogP contribution is -2.28. The molecule has 0 aromatic carbocycles. The maximum absolute atomic E-state index is 2.40. The van der Waals surface area contributed by atoms with Gasteiger partial charge in [0.2, 0.25) is 0 Å². The van der Waals surface area contributed by atoms with Gasteiger partial charge < -0.3 is 4.90 Å². The van der Waals surface area contributed by atoms with Gasteiger partial charge in [-0.1, -0.05) is 94.4 Å². The van der Waals surface area contributed by atoms with E-state index in [1.165, 1.54) is 58.0 Å². The molecular weight excluding hydrogens is 254 g/mol. The summed E-state index contributed by atoms with van der Waals surface area (Å²) in [6.45, 7) is 21.4. The molecule has 1 heterocycles. The van der Waals surface area contributed by atoms with E-state index in [-0.39, 0.29) is 0 Å². The van der Waals surface area contributed by atoms with Crippen molar-refractivity contribution in [3.8, 4) is 0 Å². The summed E-state index contributed by atoms with van der Waals surface area (Å²) in [4.78, 5) is 2.40. The molecule has 0 N–H and O–H groups in total. The summed E-state index contributed by atoms with van der Waals surface area (Å²) in [6, 6.07) is 0. The van der Waals surface area contributed by atoms with Crippen molar-refractivity contribution in [2.24, 2.45) is 5.92 Å². The SMILES string of the molecule is CC.CC.CC.CC1CCN(C)CC1.CCCCCCC. The first kappa shape index (κ1) is 29.0. The van der Waals surface area contributed by atoms with Crippen LogP contribution in [0.3, 0.4) is 0 Å². The van der Waals surface area contributed by atoms with Crippen molar-refractivity contribution in [2.45, 2.75) is 107 Å². The van der Waals surface area contributed by atoms with E-state index in [0.29, 0.717) is 0 Å². The standard InChI is InChI=1S/C7H15N.C7H16.3C2H6/c1-7-3-5-8(2)6-4-7;1-3-5-7-6-4-2;3*1-2/h7H,3-6H2,1-2H3;3-7H2,1-2H3;3*1-2H3. The van der Waals surface area contributed by atoms with Crippen molar-refractivity contribution in [1.29, 1.82) is 0 Å². The predicted molar refractivity (Wildman–Crippen MR) is 104 cm³/mol. The Morgan fingerprint density at radius 1 is 0.714 bits per heavy atom. The van der Waals surface area contributed by atoms with E-state index in [0.717, 1.165) is 5.92 Å². The van der Waals surface area contributed by atoms with E-state index in [1.807, 2.05) is 41.5 Å². The fourth-order valence-electron chi connectivity index (χ4n) is 1.81. The highest BCUT2D eigenvalue weighted by atomic mass is 15.1. The van der Waals surface area contributed by atoms with Gasteiger partial charge in [0.25, 0.3) is 0 Å². The molecule has 0 bridgehead atoms. The van der Waals surface area contributed by atoms with Crippen molar-refractivity contribution in [3.05, 3.63) is 0 Å². The van der Waals surface area contributed by atoms with E-state index in [1.54, 1.807) is 0 Å². The van der Waals surface area contributed by atoms with Crippen LogP contribution in [0.25, 0.3) is 0 Å². The summed E-state index contributed by atoms with van der Waals surface area (Å²) in [5.41, 5.74) is 0. The molecule has 21 heavy (non-hydrogen) atoms. The van der Waals surface area contributed by atoms with Crippen molar-refractivity contribution < 1.29 is 0 Å². The second kappa shape index (κ2) is 32.1. The third kappa shape index (κ3) is 33.0. The van der Waals surface area contributed by atoms with Crippen LogP contribution in [0.2, 0.25) is 0 Å². The monoisotopic (exact) mass is 303 g/mol. The van der Waals surface area contributed by atoms with Gasteiger partial charge in [0.15, 0.2) is 0 Å². The summed E-state index contributed by atoms with van der Waals surface area (Å²) in [5, 5.41) is 0. The minimum atomic E-state index is 0.978. The summed E-state index contributed by atoms with van der Waals surface area (Å²) in [7, 11) is 2.20. The molecule has 1 aliphatic rings. The van der Waals surface area contributed by atoms with Gasteiger partial charge in [-0.05, 0) is 38.9 Å². The molecule has 0 unspecified atom stereocenters. The molecule has 0 aliphatic carbocycles. The Kier molecular flexibility index (Phi) is 44.3. The van der Waals surface area contributed by atoms with Crippen LogP contribution in [0, 0.1) is 5.92 Å².